The number of hydrogen-bond acceptors (Lipinski definition) is 6. The van der Waals surface area contributed by atoms with Crippen molar-refractivity contribution in [3.8, 4) is 11.5 Å². The number of allylic oxidation sites excluding steroid dienone is 1. The highest BCUT2D eigenvalue weighted by Gasteiger charge is 2.30. The number of hydrogen-bond donors (Lipinski definition) is 0. The van der Waals surface area contributed by atoms with E-state index >= 15 is 0 Å². The maximum Gasteiger partial charge on any atom is 0.379 e. The van der Waals surface area contributed by atoms with Crippen LogP contribution in [-0.4, -0.2) is 16.7 Å². The van der Waals surface area contributed by atoms with Crippen molar-refractivity contribution < 1.29 is 23.5 Å². The van der Waals surface area contributed by atoms with Crippen molar-refractivity contribution in [1.82, 2.24) is 4.98 Å². The lowest BCUT2D eigenvalue weighted by Gasteiger charge is -2.06. The number of ether oxygens (including phenoxy) is 2. The second-order valence-corrected chi connectivity index (χ2v) is 5.71. The third kappa shape index (κ3) is 2.88. The van der Waals surface area contributed by atoms with Gasteiger partial charge < -0.3 is 13.9 Å². The average Bonchev–Trinajstić information content (AvgIpc) is 3.25. The monoisotopic (exact) mass is 347 g/mol. The average molecular weight is 347 g/mol. The molecule has 6 nitrogen and oxygen atoms in total. The number of esters is 1. The molecule has 0 N–H and O–H groups in total. The van der Waals surface area contributed by atoms with Crippen molar-refractivity contribution >= 4 is 17.8 Å². The van der Waals surface area contributed by atoms with Crippen LogP contribution in [-0.2, 0) is 0 Å². The Kier molecular flexibility index (Phi) is 3.85. The van der Waals surface area contributed by atoms with E-state index in [1.807, 2.05) is 6.07 Å². The molecule has 0 saturated heterocycles. The van der Waals surface area contributed by atoms with E-state index in [0.717, 1.165) is 5.56 Å². The third-order valence-electron chi connectivity index (χ3n) is 3.86. The minimum Gasteiger partial charge on any atom is -0.457 e. The van der Waals surface area contributed by atoms with Gasteiger partial charge in [0, 0.05) is 18.5 Å². The molecule has 4 rings (SSSR count). The predicted molar refractivity (Wildman–Crippen MR) is 92.0 cm³/mol. The molecular weight excluding hydrogens is 334 g/mol. The quantitative estimate of drug-likeness (QED) is 0.407. The van der Waals surface area contributed by atoms with Crippen molar-refractivity contribution in [2.24, 2.45) is 0 Å². The predicted octanol–water partition coefficient (Wildman–Crippen LogP) is 3.82. The number of furan rings is 1. The zero-order valence-electron chi connectivity index (χ0n) is 13.8. The van der Waals surface area contributed by atoms with Gasteiger partial charge in [0.05, 0.1) is 11.8 Å². The topological polar surface area (TPSA) is 78.6 Å². The number of pyridine rings is 1. The molecule has 128 valence electrons. The summed E-state index contributed by atoms with van der Waals surface area (Å²) in [6, 6.07) is 9.84. The second kappa shape index (κ2) is 6.33. The van der Waals surface area contributed by atoms with Crippen LogP contribution in [0.5, 0.6) is 11.5 Å². The molecular formula is C20H13NO5. The fourth-order valence-corrected chi connectivity index (χ4v) is 2.70. The van der Waals surface area contributed by atoms with Gasteiger partial charge in [-0.25, -0.2) is 4.79 Å². The van der Waals surface area contributed by atoms with Gasteiger partial charge in [-0.15, -0.1) is 0 Å². The number of benzene rings is 1. The molecule has 3 aromatic rings. The molecule has 0 spiro atoms. The molecule has 6 heteroatoms. The third-order valence-corrected chi connectivity index (χ3v) is 3.86. The Hall–Kier alpha value is -3.67. The summed E-state index contributed by atoms with van der Waals surface area (Å²) >= 11 is 0. The van der Waals surface area contributed by atoms with Crippen LogP contribution in [0.15, 0.2) is 65.2 Å². The Balaban J connectivity index is 1.63. The molecule has 1 aromatic carbocycles. The Morgan fingerprint density at radius 2 is 2.12 bits per heavy atom. The molecule has 0 unspecified atom stereocenters. The van der Waals surface area contributed by atoms with Crippen molar-refractivity contribution in [3.63, 3.8) is 0 Å². The Bertz CT molecular complexity index is 1020. The van der Waals surface area contributed by atoms with Crippen molar-refractivity contribution in [2.75, 3.05) is 0 Å². The number of aromatic nitrogens is 1. The SMILES string of the molecule is Cc1cc(OC(=O)c2ccco2)cc2c1C(=O)C(=Cc1cccnc1)O2. The Morgan fingerprint density at radius 1 is 1.23 bits per heavy atom. The molecule has 0 bridgehead atoms. The lowest BCUT2D eigenvalue weighted by atomic mass is 10.0. The number of ketones is 1. The highest BCUT2D eigenvalue weighted by atomic mass is 16.5. The number of carbonyl (C=O) groups is 2. The summed E-state index contributed by atoms with van der Waals surface area (Å²) in [6.45, 7) is 1.76. The van der Waals surface area contributed by atoms with Gasteiger partial charge in [0.1, 0.15) is 11.5 Å². The highest BCUT2D eigenvalue weighted by Crippen LogP contribution is 2.37. The van der Waals surface area contributed by atoms with E-state index < -0.39 is 5.97 Å². The van der Waals surface area contributed by atoms with E-state index in [1.165, 1.54) is 18.4 Å². The molecule has 0 amide bonds. The summed E-state index contributed by atoms with van der Waals surface area (Å²) in [7, 11) is 0. The molecule has 0 saturated carbocycles. The standard InChI is InChI=1S/C20H13NO5/c1-12-8-14(25-20(23)15-5-3-7-24-15)10-16-18(12)19(22)17(26-16)9-13-4-2-6-21-11-13/h2-11H,1H3. The normalized spacial score (nSPS) is 14.2. The van der Waals surface area contributed by atoms with Gasteiger partial charge in [0.15, 0.2) is 5.76 Å². The van der Waals surface area contributed by atoms with Crippen LogP contribution in [0.4, 0.5) is 0 Å². The second-order valence-electron chi connectivity index (χ2n) is 5.71. The maximum absolute atomic E-state index is 12.6. The smallest absolute Gasteiger partial charge is 0.379 e. The number of carbonyl (C=O) groups excluding carboxylic acids is 2. The van der Waals surface area contributed by atoms with Crippen LogP contribution >= 0.6 is 0 Å². The first kappa shape index (κ1) is 15.8. The van der Waals surface area contributed by atoms with Gasteiger partial charge in [-0.3, -0.25) is 9.78 Å². The van der Waals surface area contributed by atoms with Gasteiger partial charge >= 0.3 is 5.97 Å². The minimum absolute atomic E-state index is 0.0947. The molecule has 1 aliphatic rings. The van der Waals surface area contributed by atoms with Crippen LogP contribution in [0.2, 0.25) is 0 Å². The summed E-state index contributed by atoms with van der Waals surface area (Å²) in [6.07, 6.45) is 6.30. The highest BCUT2D eigenvalue weighted by molar-refractivity contribution is 6.15. The minimum atomic E-state index is -0.621. The summed E-state index contributed by atoms with van der Waals surface area (Å²) < 4.78 is 16.0. The van der Waals surface area contributed by atoms with Crippen molar-refractivity contribution in [1.29, 1.82) is 0 Å². The molecule has 0 radical (unpaired) electrons. The molecule has 0 aliphatic carbocycles. The summed E-state index contributed by atoms with van der Waals surface area (Å²) in [5.41, 5.74) is 1.87. The lowest BCUT2D eigenvalue weighted by molar-refractivity contribution is 0.0701. The molecule has 0 fully saturated rings. The molecule has 3 heterocycles. The number of Topliss-reactive ketones (excluding diaryl/α,β-unsaturated/α-hetero) is 1. The van der Waals surface area contributed by atoms with E-state index in [4.69, 9.17) is 13.9 Å². The Labute approximate surface area is 148 Å². The van der Waals surface area contributed by atoms with E-state index in [9.17, 15) is 9.59 Å². The summed E-state index contributed by atoms with van der Waals surface area (Å²) in [4.78, 5) is 28.6. The summed E-state index contributed by atoms with van der Waals surface area (Å²) in [5.74, 6) is 0.0865. The van der Waals surface area contributed by atoms with Crippen LogP contribution in [0.3, 0.4) is 0 Å². The molecule has 0 atom stereocenters. The van der Waals surface area contributed by atoms with Gasteiger partial charge in [-0.2, -0.15) is 0 Å². The lowest BCUT2D eigenvalue weighted by Crippen LogP contribution is -2.07. The first-order valence-corrected chi connectivity index (χ1v) is 7.86. The first-order valence-electron chi connectivity index (χ1n) is 7.86. The zero-order chi connectivity index (χ0) is 18.1. The largest absolute Gasteiger partial charge is 0.457 e. The number of rotatable bonds is 3. The van der Waals surface area contributed by atoms with Crippen molar-refractivity contribution in [3.05, 3.63) is 83.3 Å². The fraction of sp³-hybridized carbons (Fsp3) is 0.0500. The van der Waals surface area contributed by atoms with Crippen molar-refractivity contribution in [2.45, 2.75) is 6.92 Å². The number of fused-ring (bicyclic) bond motifs is 1. The van der Waals surface area contributed by atoms with E-state index in [1.54, 1.807) is 43.6 Å². The van der Waals surface area contributed by atoms with Crippen LogP contribution < -0.4 is 9.47 Å². The van der Waals surface area contributed by atoms with Crippen LogP contribution in [0.25, 0.3) is 6.08 Å². The molecule has 1 aliphatic heterocycles. The van der Waals surface area contributed by atoms with Gasteiger partial charge in [0.25, 0.3) is 0 Å². The first-order chi connectivity index (χ1) is 12.6. The van der Waals surface area contributed by atoms with Gasteiger partial charge in [-0.1, -0.05) is 6.07 Å². The molecule has 2 aromatic heterocycles. The van der Waals surface area contributed by atoms with Gasteiger partial charge in [0.2, 0.25) is 11.5 Å². The van der Waals surface area contributed by atoms with E-state index in [0.29, 0.717) is 16.9 Å². The fourth-order valence-electron chi connectivity index (χ4n) is 2.70. The van der Waals surface area contributed by atoms with E-state index in [-0.39, 0.29) is 23.1 Å². The Morgan fingerprint density at radius 3 is 2.85 bits per heavy atom. The zero-order valence-corrected chi connectivity index (χ0v) is 13.8. The maximum atomic E-state index is 12.6. The summed E-state index contributed by atoms with van der Waals surface area (Å²) in [5, 5.41) is 0. The van der Waals surface area contributed by atoms with E-state index in [2.05, 4.69) is 4.98 Å². The van der Waals surface area contributed by atoms with Crippen LogP contribution in [0.1, 0.15) is 32.0 Å². The molecule has 26 heavy (non-hydrogen) atoms. The number of nitrogens with zero attached hydrogens (tertiary/aromatic N) is 1. The van der Waals surface area contributed by atoms with Crippen LogP contribution in [0, 0.1) is 6.92 Å². The number of aryl methyl sites for hydroxylation is 1. The van der Waals surface area contributed by atoms with Gasteiger partial charge in [-0.05, 0) is 48.4 Å².